The molecule has 0 aromatic heterocycles. The number of aliphatic hydroxyl groups is 1. The lowest BCUT2D eigenvalue weighted by Crippen LogP contribution is -2.24. The minimum Gasteiger partial charge on any atom is -0.507 e. The summed E-state index contributed by atoms with van der Waals surface area (Å²) in [5, 5.41) is 10.8. The maximum atomic E-state index is 13.8. The number of likely N-dealkylation sites (tertiary alicyclic amines) is 1. The molecule has 1 saturated heterocycles. The Bertz CT molecular complexity index is 952. The van der Waals surface area contributed by atoms with Crippen LogP contribution in [0, 0.1) is 5.82 Å². The smallest absolute Gasteiger partial charge is 0.295 e. The zero-order valence-corrected chi connectivity index (χ0v) is 15.7. The number of methoxy groups -OCH3 is 1. The molecular weight excluding hydrogens is 365 g/mol. The Labute approximate surface area is 161 Å². The Kier molecular flexibility index (Phi) is 5.35. The topological polar surface area (TPSA) is 76.1 Å². The number of hydrogen-bond acceptors (Lipinski definition) is 5. The van der Waals surface area contributed by atoms with E-state index in [4.69, 9.17) is 9.47 Å². The van der Waals surface area contributed by atoms with E-state index in [0.717, 1.165) is 6.07 Å². The Balaban J connectivity index is 2.15. The predicted octanol–water partition coefficient (Wildman–Crippen LogP) is 3.28. The number of benzene rings is 2. The van der Waals surface area contributed by atoms with Crippen molar-refractivity contribution in [1.29, 1.82) is 0 Å². The summed E-state index contributed by atoms with van der Waals surface area (Å²) in [6.45, 7) is 2.37. The molecule has 0 radical (unpaired) electrons. The maximum Gasteiger partial charge on any atom is 0.295 e. The first-order valence-electron chi connectivity index (χ1n) is 8.70. The average molecular weight is 385 g/mol. The minimum atomic E-state index is -0.842. The van der Waals surface area contributed by atoms with Crippen LogP contribution in [0.1, 0.15) is 24.1 Å². The van der Waals surface area contributed by atoms with E-state index in [1.807, 2.05) is 6.92 Å². The Morgan fingerprint density at radius 3 is 2.46 bits per heavy atom. The molecule has 0 spiro atoms. The highest BCUT2D eigenvalue weighted by atomic mass is 19.1. The van der Waals surface area contributed by atoms with Crippen LogP contribution in [0.5, 0.6) is 11.5 Å². The molecule has 2 aromatic carbocycles. The zero-order chi connectivity index (χ0) is 20.4. The molecule has 2 aromatic rings. The van der Waals surface area contributed by atoms with Crippen molar-refractivity contribution in [2.45, 2.75) is 13.0 Å². The van der Waals surface area contributed by atoms with E-state index in [0.29, 0.717) is 17.9 Å². The van der Waals surface area contributed by atoms with Gasteiger partial charge in [-0.15, -0.1) is 0 Å². The third-order valence-corrected chi connectivity index (χ3v) is 4.60. The molecular formula is C21H20FNO5. The number of carbonyl (C=O) groups excluding carboxylic acids is 2. The number of halogens is 1. The van der Waals surface area contributed by atoms with Crippen molar-refractivity contribution >= 4 is 17.4 Å². The van der Waals surface area contributed by atoms with Gasteiger partial charge in [-0.25, -0.2) is 4.39 Å². The van der Waals surface area contributed by atoms with Crippen molar-refractivity contribution < 1.29 is 28.6 Å². The van der Waals surface area contributed by atoms with Crippen molar-refractivity contribution in [3.63, 3.8) is 0 Å². The van der Waals surface area contributed by atoms with Crippen molar-refractivity contribution in [3.05, 3.63) is 65.0 Å². The number of likely N-dealkylation sites (N-methyl/N-ethyl adjacent to an activating group) is 1. The van der Waals surface area contributed by atoms with Crippen molar-refractivity contribution in [3.8, 4) is 11.5 Å². The van der Waals surface area contributed by atoms with Crippen LogP contribution in [0.15, 0.2) is 48.0 Å². The van der Waals surface area contributed by atoms with E-state index in [2.05, 4.69) is 0 Å². The highest BCUT2D eigenvalue weighted by Crippen LogP contribution is 2.40. The summed E-state index contributed by atoms with van der Waals surface area (Å²) < 4.78 is 24.3. The molecule has 0 aliphatic carbocycles. The number of ketones is 1. The van der Waals surface area contributed by atoms with Crippen molar-refractivity contribution in [2.75, 3.05) is 20.8 Å². The highest BCUT2D eigenvalue weighted by molar-refractivity contribution is 6.46. The molecule has 7 heteroatoms. The van der Waals surface area contributed by atoms with E-state index in [1.165, 1.54) is 31.2 Å². The molecule has 1 amide bonds. The maximum absolute atomic E-state index is 13.8. The van der Waals surface area contributed by atoms with Gasteiger partial charge in [0.1, 0.15) is 23.1 Å². The molecule has 6 nitrogen and oxygen atoms in total. The van der Waals surface area contributed by atoms with E-state index < -0.39 is 29.3 Å². The molecule has 1 heterocycles. The number of ether oxygens (including phenoxy) is 2. The van der Waals surface area contributed by atoms with E-state index in [-0.39, 0.29) is 16.9 Å². The molecule has 1 N–H and O–H groups in total. The monoisotopic (exact) mass is 385 g/mol. The molecule has 3 rings (SSSR count). The molecule has 28 heavy (non-hydrogen) atoms. The zero-order valence-electron chi connectivity index (χ0n) is 15.7. The first-order chi connectivity index (χ1) is 13.4. The minimum absolute atomic E-state index is 0.00452. The predicted molar refractivity (Wildman–Crippen MR) is 101 cm³/mol. The van der Waals surface area contributed by atoms with Gasteiger partial charge in [0.2, 0.25) is 0 Å². The van der Waals surface area contributed by atoms with Gasteiger partial charge in [0, 0.05) is 7.05 Å². The van der Waals surface area contributed by atoms with Gasteiger partial charge >= 0.3 is 0 Å². The van der Waals surface area contributed by atoms with Crippen molar-refractivity contribution in [2.24, 2.45) is 0 Å². The van der Waals surface area contributed by atoms with Gasteiger partial charge in [-0.1, -0.05) is 12.1 Å². The summed E-state index contributed by atoms with van der Waals surface area (Å²) in [7, 11) is 2.84. The average Bonchev–Trinajstić information content (AvgIpc) is 2.92. The number of carbonyl (C=O) groups is 2. The van der Waals surface area contributed by atoms with Gasteiger partial charge in [0.25, 0.3) is 11.7 Å². The fourth-order valence-electron chi connectivity index (χ4n) is 3.26. The summed E-state index contributed by atoms with van der Waals surface area (Å²) >= 11 is 0. The molecule has 0 saturated carbocycles. The molecule has 0 bridgehead atoms. The van der Waals surface area contributed by atoms with Gasteiger partial charge in [0.15, 0.2) is 0 Å². The Hall–Kier alpha value is -3.35. The molecule has 1 fully saturated rings. The normalized spacial score (nSPS) is 18.4. The van der Waals surface area contributed by atoms with Gasteiger partial charge in [0.05, 0.1) is 30.9 Å². The summed E-state index contributed by atoms with van der Waals surface area (Å²) in [6, 6.07) is 9.64. The SMILES string of the molecule is CCOc1ccc(C2/C(=C(\O)c3cc(F)ccc3OC)C(=O)C(=O)N2C)cc1. The Morgan fingerprint density at radius 2 is 1.86 bits per heavy atom. The van der Waals surface area contributed by atoms with E-state index >= 15 is 0 Å². The number of aliphatic hydroxyl groups excluding tert-OH is 1. The number of Topliss-reactive ketones (excluding diaryl/α,β-unsaturated/α-hetero) is 1. The molecule has 1 aliphatic heterocycles. The molecule has 146 valence electrons. The first kappa shape index (κ1) is 19.4. The fraction of sp³-hybridized carbons (Fsp3) is 0.238. The summed E-state index contributed by atoms with van der Waals surface area (Å²) in [4.78, 5) is 26.2. The number of rotatable bonds is 5. The van der Waals surface area contributed by atoms with Crippen LogP contribution in [-0.2, 0) is 9.59 Å². The van der Waals surface area contributed by atoms with Gasteiger partial charge in [-0.05, 0) is 42.8 Å². The lowest BCUT2D eigenvalue weighted by molar-refractivity contribution is -0.139. The van der Waals surface area contributed by atoms with Crippen LogP contribution in [0.3, 0.4) is 0 Å². The third-order valence-electron chi connectivity index (χ3n) is 4.60. The van der Waals surface area contributed by atoms with Crippen LogP contribution in [0.4, 0.5) is 4.39 Å². The third kappa shape index (κ3) is 3.31. The second kappa shape index (κ2) is 7.72. The second-order valence-corrected chi connectivity index (χ2v) is 6.26. The summed E-state index contributed by atoms with van der Waals surface area (Å²) in [5.74, 6) is -1.86. The van der Waals surface area contributed by atoms with Gasteiger partial charge in [-0.2, -0.15) is 0 Å². The largest absolute Gasteiger partial charge is 0.507 e. The van der Waals surface area contributed by atoms with Gasteiger partial charge < -0.3 is 19.5 Å². The van der Waals surface area contributed by atoms with Gasteiger partial charge in [-0.3, -0.25) is 9.59 Å². The van der Waals surface area contributed by atoms with Crippen molar-refractivity contribution in [1.82, 2.24) is 4.90 Å². The summed E-state index contributed by atoms with van der Waals surface area (Å²) in [5.41, 5.74) is 0.493. The lowest BCUT2D eigenvalue weighted by atomic mass is 9.95. The van der Waals surface area contributed by atoms with Crippen LogP contribution in [0.25, 0.3) is 5.76 Å². The number of nitrogens with zero attached hydrogens (tertiary/aromatic N) is 1. The van der Waals surface area contributed by atoms with E-state index in [9.17, 15) is 19.1 Å². The van der Waals surface area contributed by atoms with Crippen LogP contribution < -0.4 is 9.47 Å². The Morgan fingerprint density at radius 1 is 1.18 bits per heavy atom. The molecule has 1 unspecified atom stereocenters. The standard InChI is InChI=1S/C21H20FNO5/c1-4-28-14-8-5-12(6-9-14)18-17(20(25)21(26)23(18)2)19(24)15-11-13(22)7-10-16(15)27-3/h5-11,18,24H,4H2,1-3H3/b19-17+. The highest BCUT2D eigenvalue weighted by Gasteiger charge is 2.44. The number of amides is 1. The van der Waals surface area contributed by atoms with E-state index in [1.54, 1.807) is 24.3 Å². The molecule has 1 aliphatic rings. The second-order valence-electron chi connectivity index (χ2n) is 6.26. The fourth-order valence-corrected chi connectivity index (χ4v) is 3.26. The quantitative estimate of drug-likeness (QED) is 0.486. The number of hydrogen-bond donors (Lipinski definition) is 1. The van der Waals surface area contributed by atoms with Crippen LogP contribution in [0.2, 0.25) is 0 Å². The lowest BCUT2D eigenvalue weighted by Gasteiger charge is -2.21. The van der Waals surface area contributed by atoms with Crippen LogP contribution >= 0.6 is 0 Å². The first-order valence-corrected chi connectivity index (χ1v) is 8.70. The van der Waals surface area contributed by atoms with Crippen LogP contribution in [-0.4, -0.2) is 42.5 Å². The molecule has 1 atom stereocenters. The summed E-state index contributed by atoms with van der Waals surface area (Å²) in [6.07, 6.45) is 0.